The van der Waals surface area contributed by atoms with Crippen LogP contribution in [0.25, 0.3) is 10.4 Å². The van der Waals surface area contributed by atoms with Crippen LogP contribution in [0, 0.1) is 0 Å². The summed E-state index contributed by atoms with van der Waals surface area (Å²) in [5.74, 6) is -0.159. The van der Waals surface area contributed by atoms with Gasteiger partial charge in [0.15, 0.2) is 0 Å². The molecule has 1 aromatic heterocycles. The zero-order valence-corrected chi connectivity index (χ0v) is 17.7. The molecular weight excluding hydrogens is 421 g/mol. The molecule has 0 unspecified atom stereocenters. The second-order valence-corrected chi connectivity index (χ2v) is 8.29. The fraction of sp³-hybridized carbons (Fsp3) is 0.0417. The topological polar surface area (TPSA) is 20.3 Å². The molecule has 0 aliphatic heterocycles. The lowest BCUT2D eigenvalue weighted by Crippen LogP contribution is -2.30. The number of nitrogens with zero attached hydrogens (tertiary/aromatic N) is 1. The largest absolute Gasteiger partial charge is 0.303 e. The second-order valence-electron chi connectivity index (χ2n) is 6.54. The van der Waals surface area contributed by atoms with E-state index in [1.54, 1.807) is 34.4 Å². The zero-order valence-electron chi connectivity index (χ0n) is 15.4. The van der Waals surface area contributed by atoms with Gasteiger partial charge in [0.2, 0.25) is 0 Å². The van der Waals surface area contributed by atoms with Gasteiger partial charge in [-0.1, -0.05) is 83.9 Å². The Bertz CT molecular complexity index is 1130. The Balaban J connectivity index is 1.72. The van der Waals surface area contributed by atoms with Crippen LogP contribution in [0.4, 0.5) is 5.69 Å². The number of anilines is 1. The SMILES string of the molecule is O=C(c1ccc(Cl)cc1Cl)N(Cc1ccccc1)c1csc(-c2ccccc2)c1. The van der Waals surface area contributed by atoms with Crippen LogP contribution in [0.15, 0.2) is 90.3 Å². The minimum Gasteiger partial charge on any atom is -0.303 e. The molecule has 0 saturated carbocycles. The summed E-state index contributed by atoms with van der Waals surface area (Å²) in [5, 5.41) is 2.86. The number of halogens is 2. The molecule has 0 aliphatic rings. The van der Waals surface area contributed by atoms with Crippen molar-refractivity contribution in [3.8, 4) is 10.4 Å². The maximum absolute atomic E-state index is 13.4. The molecule has 3 aromatic carbocycles. The van der Waals surface area contributed by atoms with Gasteiger partial charge in [0.1, 0.15) is 0 Å². The van der Waals surface area contributed by atoms with E-state index in [0.29, 0.717) is 22.2 Å². The molecule has 0 spiro atoms. The summed E-state index contributed by atoms with van der Waals surface area (Å²) in [7, 11) is 0. The van der Waals surface area contributed by atoms with Gasteiger partial charge in [0.05, 0.1) is 22.8 Å². The Morgan fingerprint density at radius 2 is 1.55 bits per heavy atom. The molecule has 0 bridgehead atoms. The standard InChI is InChI=1S/C24H17Cl2NOS/c25-19-11-12-21(22(26)13-19)24(28)27(15-17-7-3-1-4-8-17)20-14-23(29-16-20)18-9-5-2-6-10-18/h1-14,16H,15H2. The van der Waals surface area contributed by atoms with E-state index in [1.807, 2.05) is 60.0 Å². The van der Waals surface area contributed by atoms with Crippen molar-refractivity contribution in [3.05, 3.63) is 111 Å². The molecule has 0 fully saturated rings. The Morgan fingerprint density at radius 1 is 0.862 bits per heavy atom. The predicted molar refractivity (Wildman–Crippen MR) is 123 cm³/mol. The lowest BCUT2D eigenvalue weighted by atomic mass is 10.1. The molecule has 144 valence electrons. The molecule has 0 N–H and O–H groups in total. The number of carbonyl (C=O) groups is 1. The van der Waals surface area contributed by atoms with Gasteiger partial charge in [-0.15, -0.1) is 11.3 Å². The number of thiophene rings is 1. The van der Waals surface area contributed by atoms with E-state index in [2.05, 4.69) is 12.1 Å². The van der Waals surface area contributed by atoms with Gasteiger partial charge < -0.3 is 4.90 Å². The molecule has 0 aliphatic carbocycles. The number of benzene rings is 3. The lowest BCUT2D eigenvalue weighted by molar-refractivity contribution is 0.0985. The van der Waals surface area contributed by atoms with Crippen molar-refractivity contribution in [1.82, 2.24) is 0 Å². The Morgan fingerprint density at radius 3 is 2.24 bits per heavy atom. The summed E-state index contributed by atoms with van der Waals surface area (Å²) in [6.07, 6.45) is 0. The maximum atomic E-state index is 13.4. The van der Waals surface area contributed by atoms with Crippen molar-refractivity contribution < 1.29 is 4.79 Å². The number of carbonyl (C=O) groups excluding carboxylic acids is 1. The molecule has 4 aromatic rings. The first-order chi connectivity index (χ1) is 14.1. The van der Waals surface area contributed by atoms with Crippen LogP contribution >= 0.6 is 34.5 Å². The highest BCUT2D eigenvalue weighted by Gasteiger charge is 2.22. The monoisotopic (exact) mass is 437 g/mol. The minimum atomic E-state index is -0.159. The van der Waals surface area contributed by atoms with Gasteiger partial charge in [-0.3, -0.25) is 4.79 Å². The first kappa shape index (κ1) is 19.7. The normalized spacial score (nSPS) is 10.7. The third-order valence-corrected chi connectivity index (χ3v) is 6.06. The molecule has 1 amide bonds. The maximum Gasteiger partial charge on any atom is 0.260 e. The fourth-order valence-electron chi connectivity index (χ4n) is 3.08. The van der Waals surface area contributed by atoms with Gasteiger partial charge in [-0.2, -0.15) is 0 Å². The summed E-state index contributed by atoms with van der Waals surface area (Å²) in [5.41, 5.74) is 3.44. The van der Waals surface area contributed by atoms with Gasteiger partial charge in [0.25, 0.3) is 5.91 Å². The Hall–Kier alpha value is -2.59. The van der Waals surface area contributed by atoms with Crippen molar-refractivity contribution in [2.75, 3.05) is 4.90 Å². The van der Waals surface area contributed by atoms with E-state index in [4.69, 9.17) is 23.2 Å². The van der Waals surface area contributed by atoms with Gasteiger partial charge in [-0.25, -0.2) is 0 Å². The first-order valence-electron chi connectivity index (χ1n) is 9.06. The van der Waals surface area contributed by atoms with Crippen molar-refractivity contribution in [3.63, 3.8) is 0 Å². The van der Waals surface area contributed by atoms with Gasteiger partial charge in [0, 0.05) is 15.3 Å². The minimum absolute atomic E-state index is 0.159. The molecule has 4 rings (SSSR count). The summed E-state index contributed by atoms with van der Waals surface area (Å²) in [6.45, 7) is 0.448. The molecule has 5 heteroatoms. The quantitative estimate of drug-likeness (QED) is 0.315. The highest BCUT2D eigenvalue weighted by molar-refractivity contribution is 7.14. The molecule has 0 saturated heterocycles. The lowest BCUT2D eigenvalue weighted by Gasteiger charge is -2.22. The number of hydrogen-bond acceptors (Lipinski definition) is 2. The Kier molecular flexibility index (Phi) is 6.00. The summed E-state index contributed by atoms with van der Waals surface area (Å²) in [4.78, 5) is 16.3. The van der Waals surface area contributed by atoms with Crippen molar-refractivity contribution >= 4 is 46.1 Å². The molecule has 2 nitrogen and oxygen atoms in total. The highest BCUT2D eigenvalue weighted by atomic mass is 35.5. The second kappa shape index (κ2) is 8.83. The van der Waals surface area contributed by atoms with E-state index >= 15 is 0 Å². The molecular formula is C24H17Cl2NOS. The van der Waals surface area contributed by atoms with Crippen LogP contribution in [0.1, 0.15) is 15.9 Å². The molecule has 0 atom stereocenters. The van der Waals surface area contributed by atoms with Crippen LogP contribution in [0.5, 0.6) is 0 Å². The van der Waals surface area contributed by atoms with Crippen LogP contribution in [0.3, 0.4) is 0 Å². The third-order valence-electron chi connectivity index (χ3n) is 4.55. The Labute approximate surface area is 184 Å². The number of rotatable bonds is 5. The van der Waals surface area contributed by atoms with E-state index < -0.39 is 0 Å². The van der Waals surface area contributed by atoms with Crippen LogP contribution in [-0.2, 0) is 6.54 Å². The smallest absolute Gasteiger partial charge is 0.260 e. The molecule has 1 heterocycles. The van der Waals surface area contributed by atoms with Crippen LogP contribution < -0.4 is 4.90 Å². The highest BCUT2D eigenvalue weighted by Crippen LogP contribution is 2.34. The molecule has 29 heavy (non-hydrogen) atoms. The van der Waals surface area contributed by atoms with E-state index in [9.17, 15) is 4.79 Å². The van der Waals surface area contributed by atoms with E-state index in [-0.39, 0.29) is 5.91 Å². The summed E-state index contributed by atoms with van der Waals surface area (Å²) >= 11 is 14.0. The zero-order chi connectivity index (χ0) is 20.2. The van der Waals surface area contributed by atoms with Crippen molar-refractivity contribution in [2.24, 2.45) is 0 Å². The fourth-order valence-corrected chi connectivity index (χ4v) is 4.47. The van der Waals surface area contributed by atoms with Crippen LogP contribution in [0.2, 0.25) is 10.0 Å². The predicted octanol–water partition coefficient (Wildman–Crippen LogP) is 7.57. The number of amides is 1. The summed E-state index contributed by atoms with van der Waals surface area (Å²) in [6, 6.07) is 27.1. The van der Waals surface area contributed by atoms with E-state index in [0.717, 1.165) is 21.7 Å². The average molecular weight is 438 g/mol. The summed E-state index contributed by atoms with van der Waals surface area (Å²) < 4.78 is 0. The van der Waals surface area contributed by atoms with E-state index in [1.165, 1.54) is 0 Å². The first-order valence-corrected chi connectivity index (χ1v) is 10.7. The van der Waals surface area contributed by atoms with Gasteiger partial charge in [-0.05, 0) is 35.4 Å². The molecule has 0 radical (unpaired) electrons. The number of hydrogen-bond donors (Lipinski definition) is 0. The van der Waals surface area contributed by atoms with Crippen molar-refractivity contribution in [1.29, 1.82) is 0 Å². The average Bonchev–Trinajstić information content (AvgIpc) is 3.23. The van der Waals surface area contributed by atoms with Gasteiger partial charge >= 0.3 is 0 Å². The third kappa shape index (κ3) is 4.54. The van der Waals surface area contributed by atoms with Crippen LogP contribution in [-0.4, -0.2) is 5.91 Å². The van der Waals surface area contributed by atoms with Crippen molar-refractivity contribution in [2.45, 2.75) is 6.54 Å².